The fraction of sp³-hybridized carbons (Fsp3) is 0.444. The summed E-state index contributed by atoms with van der Waals surface area (Å²) in [7, 11) is 11.0. The summed E-state index contributed by atoms with van der Waals surface area (Å²) in [5, 5.41) is 5.66. The van der Waals surface area contributed by atoms with Crippen LogP contribution in [0.1, 0.15) is 124 Å². The predicted molar refractivity (Wildman–Crippen MR) is 257 cm³/mol. The third kappa shape index (κ3) is 14.5. The van der Waals surface area contributed by atoms with Crippen LogP contribution in [0.15, 0.2) is 97.1 Å². The van der Waals surface area contributed by atoms with Gasteiger partial charge in [-0.1, -0.05) is 185 Å². The van der Waals surface area contributed by atoms with Crippen LogP contribution in [0, 0.1) is 39.5 Å². The number of aryl methyl sites for hydroxylation is 4. The number of benzene rings is 4. The van der Waals surface area contributed by atoms with Crippen molar-refractivity contribution in [2.45, 2.75) is 144 Å². The number of fused-ring (bicyclic) bond motifs is 2. The van der Waals surface area contributed by atoms with Crippen LogP contribution in [0.4, 0.5) is 0 Å². The van der Waals surface area contributed by atoms with E-state index in [1.807, 2.05) is 0 Å². The first-order chi connectivity index (χ1) is 28.2. The SMILES string of the molecule is CCC[Si]C.Cc1cc(C)cc(-c2cccc3[cH-]c(CC4CCCCCC4)cc23)c1.Cc1cc(C)cc(-c2cccc3[cH-]c(CC4CCCCCC4)cc23)c1.[Cl][Zr+2][Cl]. The van der Waals surface area contributed by atoms with Crippen LogP contribution in [-0.4, -0.2) is 9.52 Å². The van der Waals surface area contributed by atoms with Gasteiger partial charge in [-0.05, 0) is 63.5 Å². The van der Waals surface area contributed by atoms with Crippen molar-refractivity contribution in [2.24, 2.45) is 11.8 Å². The minimum absolute atomic E-state index is 0.826. The Bertz CT molecular complexity index is 1920. The van der Waals surface area contributed by atoms with Gasteiger partial charge in [-0.25, -0.2) is 0 Å². The van der Waals surface area contributed by atoms with Crippen molar-refractivity contribution < 1.29 is 20.8 Å². The van der Waals surface area contributed by atoms with E-state index in [9.17, 15) is 0 Å². The van der Waals surface area contributed by atoms with Gasteiger partial charge in [0.05, 0.1) is 0 Å². The molecule has 0 unspecified atom stereocenters. The molecule has 0 heterocycles. The van der Waals surface area contributed by atoms with Crippen LogP contribution in [0.2, 0.25) is 12.6 Å². The Morgan fingerprint density at radius 3 is 1.22 bits per heavy atom. The number of halogens is 2. The van der Waals surface area contributed by atoms with Gasteiger partial charge < -0.3 is 0 Å². The van der Waals surface area contributed by atoms with E-state index in [1.54, 1.807) is 11.1 Å². The number of rotatable bonds is 8. The maximum absolute atomic E-state index is 4.93. The van der Waals surface area contributed by atoms with Crippen LogP contribution in [-0.2, 0) is 33.7 Å². The molecule has 58 heavy (non-hydrogen) atoms. The minimum atomic E-state index is -0.826. The van der Waals surface area contributed by atoms with Gasteiger partial charge in [-0.15, -0.1) is 69.1 Å². The molecule has 0 amide bonds. The topological polar surface area (TPSA) is 0 Å². The quantitative estimate of drug-likeness (QED) is 0.0811. The van der Waals surface area contributed by atoms with Gasteiger partial charge >= 0.3 is 37.9 Å². The number of hydrogen-bond acceptors (Lipinski definition) is 0. The zero-order valence-electron chi connectivity index (χ0n) is 36.5. The Balaban J connectivity index is 0.000000187. The summed E-state index contributed by atoms with van der Waals surface area (Å²) < 4.78 is 0. The van der Waals surface area contributed by atoms with E-state index >= 15 is 0 Å². The molecule has 2 radical (unpaired) electrons. The van der Waals surface area contributed by atoms with Crippen molar-refractivity contribution in [1.82, 2.24) is 0 Å². The summed E-state index contributed by atoms with van der Waals surface area (Å²) >= 11 is -0.826. The molecule has 2 aliphatic rings. The van der Waals surface area contributed by atoms with Gasteiger partial charge in [-0.2, -0.15) is 12.1 Å². The molecule has 6 aromatic rings. The van der Waals surface area contributed by atoms with Crippen LogP contribution in [0.25, 0.3) is 43.8 Å². The van der Waals surface area contributed by atoms with Crippen molar-refractivity contribution in [3.63, 3.8) is 0 Å². The summed E-state index contributed by atoms with van der Waals surface area (Å²) in [6.45, 7) is 13.2. The van der Waals surface area contributed by atoms with Crippen LogP contribution in [0.3, 0.4) is 0 Å². The van der Waals surface area contributed by atoms with E-state index in [4.69, 9.17) is 17.0 Å². The molecule has 0 nitrogen and oxygen atoms in total. The Kier molecular flexibility index (Phi) is 20.1. The molecule has 6 aromatic carbocycles. The van der Waals surface area contributed by atoms with E-state index in [0.29, 0.717) is 0 Å². The van der Waals surface area contributed by atoms with Gasteiger partial charge in [-0.3, -0.25) is 0 Å². The first-order valence-electron chi connectivity index (χ1n) is 22.4. The molecular weight excluding hydrogens is 839 g/mol. The second kappa shape index (κ2) is 24.9. The Morgan fingerprint density at radius 2 is 0.914 bits per heavy atom. The molecule has 306 valence electrons. The van der Waals surface area contributed by atoms with E-state index < -0.39 is 20.8 Å². The third-order valence-corrected chi connectivity index (χ3v) is 13.2. The molecule has 0 N–H and O–H groups in total. The molecular formula is C54H68Cl2SiZr. The maximum atomic E-state index is 4.93. The van der Waals surface area contributed by atoms with Crippen LogP contribution >= 0.6 is 17.0 Å². The summed E-state index contributed by atoms with van der Waals surface area (Å²) in [5.74, 6) is 1.79. The molecule has 2 saturated carbocycles. The zero-order chi connectivity index (χ0) is 41.3. The van der Waals surface area contributed by atoms with Gasteiger partial charge in [0.15, 0.2) is 0 Å². The Labute approximate surface area is 374 Å². The van der Waals surface area contributed by atoms with E-state index in [1.165, 1.54) is 168 Å². The predicted octanol–water partition coefficient (Wildman–Crippen LogP) is 17.7. The summed E-state index contributed by atoms with van der Waals surface area (Å²) in [6, 6.07) is 38.6. The summed E-state index contributed by atoms with van der Waals surface area (Å²) in [5.41, 5.74) is 13.9. The van der Waals surface area contributed by atoms with Crippen molar-refractivity contribution in [2.75, 3.05) is 0 Å². The molecule has 0 atom stereocenters. The van der Waals surface area contributed by atoms with Gasteiger partial charge in [0.1, 0.15) is 0 Å². The summed E-state index contributed by atoms with van der Waals surface area (Å²) in [4.78, 5) is 0. The second-order valence-electron chi connectivity index (χ2n) is 17.4. The van der Waals surface area contributed by atoms with E-state index in [0.717, 1.165) is 21.4 Å². The third-order valence-electron chi connectivity index (χ3n) is 12.2. The molecule has 8 rings (SSSR count). The fourth-order valence-electron chi connectivity index (χ4n) is 9.65. The van der Waals surface area contributed by atoms with E-state index in [-0.39, 0.29) is 0 Å². The van der Waals surface area contributed by atoms with Gasteiger partial charge in [0, 0.05) is 9.52 Å². The van der Waals surface area contributed by atoms with E-state index in [2.05, 4.69) is 138 Å². The van der Waals surface area contributed by atoms with Crippen molar-refractivity contribution in [3.05, 3.63) is 130 Å². The molecule has 0 saturated heterocycles. The van der Waals surface area contributed by atoms with Crippen molar-refractivity contribution >= 4 is 48.1 Å². The van der Waals surface area contributed by atoms with Crippen molar-refractivity contribution in [3.8, 4) is 22.3 Å². The Morgan fingerprint density at radius 1 is 0.552 bits per heavy atom. The standard InChI is InChI=1S/2C25H29.C4H10Si.2ClH.Zr/c2*1-18-12-19(2)14-23(13-18)24-11-7-10-22-16-21(17-25(22)24)15-20-8-5-3-4-6-9-20;1-3-4-5-2;;;/h2*7,10-14,16-17,20H,3-6,8-9,15H2,1-2H3;3-4H2,1-2H3;2*1H;/q2*-1;;;;+4/p-2. The first kappa shape index (κ1) is 46.8. The second-order valence-corrected chi connectivity index (χ2v) is 22.3. The summed E-state index contributed by atoms with van der Waals surface area (Å²) in [6.07, 6.45) is 21.1. The van der Waals surface area contributed by atoms with Gasteiger partial charge in [0.2, 0.25) is 0 Å². The Hall–Kier alpha value is -2.22. The fourth-order valence-corrected chi connectivity index (χ4v) is 10.1. The van der Waals surface area contributed by atoms with Crippen LogP contribution in [0.5, 0.6) is 0 Å². The molecule has 2 fully saturated rings. The van der Waals surface area contributed by atoms with Crippen molar-refractivity contribution in [1.29, 1.82) is 0 Å². The number of hydrogen-bond donors (Lipinski definition) is 0. The molecule has 0 bridgehead atoms. The van der Waals surface area contributed by atoms with Gasteiger partial charge in [0.25, 0.3) is 0 Å². The molecule has 2 aliphatic carbocycles. The normalized spacial score (nSPS) is 14.9. The molecule has 0 spiro atoms. The zero-order valence-corrected chi connectivity index (χ0v) is 41.4. The molecule has 4 heteroatoms. The van der Waals surface area contributed by atoms with Crippen LogP contribution < -0.4 is 0 Å². The molecule has 0 aromatic heterocycles. The average Bonchev–Trinajstić information content (AvgIpc) is 3.58. The molecule has 0 aliphatic heterocycles. The first-order valence-corrected chi connectivity index (χ1v) is 30.4. The average molecular weight is 907 g/mol. The monoisotopic (exact) mass is 904 g/mol.